The normalized spacial score (nSPS) is 13.8. The molecule has 0 radical (unpaired) electrons. The third-order valence-electron chi connectivity index (χ3n) is 3.85. The third-order valence-corrected chi connectivity index (χ3v) is 4.28. The van der Waals surface area contributed by atoms with Crippen LogP contribution in [0.4, 0.5) is 0 Å². The second kappa shape index (κ2) is 7.55. The molecule has 1 amide bonds. The molecule has 0 unspecified atom stereocenters. The summed E-state index contributed by atoms with van der Waals surface area (Å²) in [5.41, 5.74) is 2.40. The minimum absolute atomic E-state index is 0.147. The summed E-state index contributed by atoms with van der Waals surface area (Å²) in [6, 6.07) is 4.41. The molecule has 0 saturated heterocycles. The van der Waals surface area contributed by atoms with Crippen LogP contribution >= 0.6 is 23.2 Å². The summed E-state index contributed by atoms with van der Waals surface area (Å²) in [6.07, 6.45) is 0. The summed E-state index contributed by atoms with van der Waals surface area (Å²) in [7, 11) is 3.67. The van der Waals surface area contributed by atoms with Crippen LogP contribution in [0.25, 0.3) is 0 Å². The average Bonchev–Trinajstić information content (AvgIpc) is 2.76. The van der Waals surface area contributed by atoms with Crippen molar-refractivity contribution in [3.63, 3.8) is 0 Å². The van der Waals surface area contributed by atoms with Gasteiger partial charge in [0, 0.05) is 15.6 Å². The van der Waals surface area contributed by atoms with E-state index in [0.717, 1.165) is 16.8 Å². The van der Waals surface area contributed by atoms with Crippen LogP contribution < -0.4 is 5.32 Å². The number of carbonyl (C=O) groups excluding carboxylic acids is 1. The highest BCUT2D eigenvalue weighted by atomic mass is 35.5. The van der Waals surface area contributed by atoms with E-state index in [0.29, 0.717) is 15.8 Å². The van der Waals surface area contributed by atoms with Crippen molar-refractivity contribution in [2.45, 2.75) is 32.9 Å². The molecule has 1 N–H and O–H groups in total. The maximum atomic E-state index is 12.8. The van der Waals surface area contributed by atoms with Gasteiger partial charge >= 0.3 is 0 Å². The topological polar surface area (TPSA) is 58.4 Å². The van der Waals surface area contributed by atoms with Crippen molar-refractivity contribution in [1.82, 2.24) is 15.4 Å². The Balaban J connectivity index is 2.27. The number of aryl methyl sites for hydroxylation is 2. The van der Waals surface area contributed by atoms with Gasteiger partial charge in [-0.25, -0.2) is 0 Å². The number of hydrogen-bond donors (Lipinski definition) is 1. The van der Waals surface area contributed by atoms with E-state index in [9.17, 15) is 4.79 Å². The van der Waals surface area contributed by atoms with Crippen LogP contribution in [-0.2, 0) is 4.79 Å². The van der Waals surface area contributed by atoms with Crippen LogP contribution in [0.5, 0.6) is 0 Å². The highest BCUT2D eigenvalue weighted by Crippen LogP contribution is 2.28. The Morgan fingerprint density at radius 1 is 1.21 bits per heavy atom. The maximum absolute atomic E-state index is 12.8. The zero-order chi connectivity index (χ0) is 18.0. The first-order valence-corrected chi connectivity index (χ1v) is 8.32. The predicted octanol–water partition coefficient (Wildman–Crippen LogP) is 4.08. The van der Waals surface area contributed by atoms with Crippen LogP contribution in [0.3, 0.4) is 0 Å². The quantitative estimate of drug-likeness (QED) is 0.862. The Labute approximate surface area is 151 Å². The molecule has 0 aliphatic carbocycles. The molecule has 0 fully saturated rings. The smallest absolute Gasteiger partial charge is 0.242 e. The van der Waals surface area contributed by atoms with Gasteiger partial charge in [-0.3, -0.25) is 9.69 Å². The zero-order valence-corrected chi connectivity index (χ0v) is 15.9. The zero-order valence-electron chi connectivity index (χ0n) is 14.4. The summed E-state index contributed by atoms with van der Waals surface area (Å²) in [6.45, 7) is 5.59. The van der Waals surface area contributed by atoms with E-state index >= 15 is 0 Å². The fourth-order valence-corrected chi connectivity index (χ4v) is 3.43. The van der Waals surface area contributed by atoms with Crippen molar-refractivity contribution in [2.24, 2.45) is 0 Å². The van der Waals surface area contributed by atoms with E-state index in [1.54, 1.807) is 18.2 Å². The Morgan fingerprint density at radius 2 is 1.79 bits per heavy atom. The molecule has 0 bridgehead atoms. The summed E-state index contributed by atoms with van der Waals surface area (Å²) in [5.74, 6) is 0.554. The van der Waals surface area contributed by atoms with Gasteiger partial charge in [-0.05, 0) is 58.6 Å². The first kappa shape index (κ1) is 18.8. The number of aromatic nitrogens is 1. The second-order valence-electron chi connectivity index (χ2n) is 6.04. The lowest BCUT2D eigenvalue weighted by molar-refractivity contribution is -0.126. The number of rotatable bonds is 5. The van der Waals surface area contributed by atoms with Crippen molar-refractivity contribution in [3.05, 3.63) is 50.8 Å². The molecule has 130 valence electrons. The highest BCUT2D eigenvalue weighted by molar-refractivity contribution is 6.34. The summed E-state index contributed by atoms with van der Waals surface area (Å²) in [4.78, 5) is 14.7. The Kier molecular flexibility index (Phi) is 5.91. The number of nitrogens with one attached hydrogen (secondary N) is 1. The molecule has 2 rings (SSSR count). The molecule has 24 heavy (non-hydrogen) atoms. The SMILES string of the molecule is Cc1noc(C)c1[C@@H](C)NC(=O)[C@@H](c1cc(Cl)cc(Cl)c1)N(C)C. The molecular weight excluding hydrogens is 349 g/mol. The minimum Gasteiger partial charge on any atom is -0.361 e. The average molecular weight is 370 g/mol. The van der Waals surface area contributed by atoms with Crippen LogP contribution in [-0.4, -0.2) is 30.1 Å². The molecule has 0 aliphatic rings. The Hall–Kier alpha value is -1.56. The van der Waals surface area contributed by atoms with Gasteiger partial charge in [0.15, 0.2) is 0 Å². The van der Waals surface area contributed by atoms with Gasteiger partial charge in [0.25, 0.3) is 0 Å². The lowest BCUT2D eigenvalue weighted by atomic mass is 10.0. The van der Waals surface area contributed by atoms with Crippen molar-refractivity contribution in [3.8, 4) is 0 Å². The minimum atomic E-state index is -0.510. The highest BCUT2D eigenvalue weighted by Gasteiger charge is 2.27. The van der Waals surface area contributed by atoms with Crippen molar-refractivity contribution >= 4 is 29.1 Å². The molecule has 1 heterocycles. The van der Waals surface area contributed by atoms with E-state index < -0.39 is 6.04 Å². The number of benzene rings is 1. The lowest BCUT2D eigenvalue weighted by Crippen LogP contribution is -2.38. The van der Waals surface area contributed by atoms with E-state index in [4.69, 9.17) is 27.7 Å². The van der Waals surface area contributed by atoms with Crippen LogP contribution in [0.15, 0.2) is 22.7 Å². The summed E-state index contributed by atoms with van der Waals surface area (Å²) < 4.78 is 5.18. The molecule has 7 heteroatoms. The second-order valence-corrected chi connectivity index (χ2v) is 6.91. The van der Waals surface area contributed by atoms with Crippen LogP contribution in [0.1, 0.15) is 41.6 Å². The van der Waals surface area contributed by atoms with Gasteiger partial charge in [-0.2, -0.15) is 0 Å². The fraction of sp³-hybridized carbons (Fsp3) is 0.412. The van der Waals surface area contributed by atoms with Crippen LogP contribution in [0.2, 0.25) is 10.0 Å². The van der Waals surface area contributed by atoms with Gasteiger partial charge in [0.1, 0.15) is 11.8 Å². The van der Waals surface area contributed by atoms with Crippen LogP contribution in [0, 0.1) is 13.8 Å². The van der Waals surface area contributed by atoms with E-state index in [1.807, 2.05) is 39.8 Å². The van der Waals surface area contributed by atoms with Gasteiger partial charge in [-0.15, -0.1) is 0 Å². The molecule has 2 atom stereocenters. The molecular formula is C17H21Cl2N3O2. The van der Waals surface area contributed by atoms with Crippen molar-refractivity contribution in [1.29, 1.82) is 0 Å². The van der Waals surface area contributed by atoms with Crippen molar-refractivity contribution in [2.75, 3.05) is 14.1 Å². The number of halogens is 2. The Morgan fingerprint density at radius 3 is 2.25 bits per heavy atom. The molecule has 0 spiro atoms. The van der Waals surface area contributed by atoms with E-state index in [2.05, 4.69) is 10.5 Å². The van der Waals surface area contributed by atoms with Gasteiger partial charge in [0.05, 0.1) is 11.7 Å². The monoisotopic (exact) mass is 369 g/mol. The first-order chi connectivity index (χ1) is 11.2. The molecule has 1 aromatic heterocycles. The standard InChI is InChI=1S/C17H21Cl2N3O2/c1-9(15-10(2)21-24-11(15)3)20-17(23)16(22(4)5)12-6-13(18)8-14(19)7-12/h6-9,16H,1-5H3,(H,20,23)/t9-,16-/m1/s1. The number of carbonyl (C=O) groups is 1. The molecule has 1 aromatic carbocycles. The van der Waals surface area contributed by atoms with E-state index in [-0.39, 0.29) is 11.9 Å². The summed E-state index contributed by atoms with van der Waals surface area (Å²) >= 11 is 12.2. The van der Waals surface area contributed by atoms with Gasteiger partial charge < -0.3 is 9.84 Å². The number of amides is 1. The number of hydrogen-bond acceptors (Lipinski definition) is 4. The molecule has 2 aromatic rings. The first-order valence-electron chi connectivity index (χ1n) is 7.56. The van der Waals surface area contributed by atoms with Gasteiger partial charge in [0.2, 0.25) is 5.91 Å². The third kappa shape index (κ3) is 4.09. The van der Waals surface area contributed by atoms with E-state index in [1.165, 1.54) is 0 Å². The Bertz CT molecular complexity index is 704. The fourth-order valence-electron chi connectivity index (χ4n) is 2.89. The summed E-state index contributed by atoms with van der Waals surface area (Å²) in [5, 5.41) is 7.94. The maximum Gasteiger partial charge on any atom is 0.242 e. The number of likely N-dealkylation sites (N-methyl/N-ethyl adjacent to an activating group) is 1. The lowest BCUT2D eigenvalue weighted by Gasteiger charge is -2.26. The van der Waals surface area contributed by atoms with Gasteiger partial charge in [-0.1, -0.05) is 28.4 Å². The largest absolute Gasteiger partial charge is 0.361 e. The molecule has 0 aliphatic heterocycles. The van der Waals surface area contributed by atoms with Crippen molar-refractivity contribution < 1.29 is 9.32 Å². The molecule has 0 saturated carbocycles. The number of nitrogens with zero attached hydrogens (tertiary/aromatic N) is 2. The molecule has 5 nitrogen and oxygen atoms in total. The predicted molar refractivity (Wildman–Crippen MR) is 95.4 cm³/mol.